The van der Waals surface area contributed by atoms with Crippen LogP contribution >= 0.6 is 12.4 Å². The SMILES string of the molecule is COc1ccc2c(CC(=O)N(C)C3CC4CCC(C3)N4)coc2c1.Cl. The number of carbonyl (C=O) groups excluding carboxylic acids is 1. The molecule has 0 saturated carbocycles. The van der Waals surface area contributed by atoms with Crippen molar-refractivity contribution in [2.75, 3.05) is 14.2 Å². The minimum atomic E-state index is 0. The van der Waals surface area contributed by atoms with Crippen LogP contribution in [0.3, 0.4) is 0 Å². The zero-order valence-corrected chi connectivity index (χ0v) is 15.5. The molecular formula is C19H25ClN2O3. The summed E-state index contributed by atoms with van der Waals surface area (Å²) in [6.07, 6.45) is 6.72. The maximum atomic E-state index is 12.7. The number of likely N-dealkylation sites (N-methyl/N-ethyl adjacent to an activating group) is 1. The summed E-state index contributed by atoms with van der Waals surface area (Å²) >= 11 is 0. The number of rotatable bonds is 4. The van der Waals surface area contributed by atoms with Crippen LogP contribution in [0.25, 0.3) is 11.0 Å². The predicted octanol–water partition coefficient (Wildman–Crippen LogP) is 3.15. The minimum absolute atomic E-state index is 0. The Morgan fingerprint density at radius 1 is 1.32 bits per heavy atom. The van der Waals surface area contributed by atoms with E-state index >= 15 is 0 Å². The van der Waals surface area contributed by atoms with E-state index in [1.54, 1.807) is 13.4 Å². The number of piperidine rings is 1. The molecule has 5 nitrogen and oxygen atoms in total. The van der Waals surface area contributed by atoms with Crippen molar-refractivity contribution in [3.63, 3.8) is 0 Å². The van der Waals surface area contributed by atoms with E-state index in [0.717, 1.165) is 35.1 Å². The third-order valence-electron chi connectivity index (χ3n) is 5.59. The molecule has 2 aromatic rings. The van der Waals surface area contributed by atoms with Gasteiger partial charge in [-0.15, -0.1) is 12.4 Å². The zero-order chi connectivity index (χ0) is 16.7. The van der Waals surface area contributed by atoms with Crippen LogP contribution in [0.2, 0.25) is 0 Å². The summed E-state index contributed by atoms with van der Waals surface area (Å²) < 4.78 is 10.8. The lowest BCUT2D eigenvalue weighted by atomic mass is 9.98. The van der Waals surface area contributed by atoms with Crippen LogP contribution in [0.5, 0.6) is 5.75 Å². The van der Waals surface area contributed by atoms with Gasteiger partial charge in [-0.05, 0) is 37.8 Å². The number of fused-ring (bicyclic) bond motifs is 3. The highest BCUT2D eigenvalue weighted by atomic mass is 35.5. The molecule has 6 heteroatoms. The molecule has 2 unspecified atom stereocenters. The predicted molar refractivity (Wildman–Crippen MR) is 99.5 cm³/mol. The standard InChI is InChI=1S/C19H24N2O3.ClH/c1-21(15-8-13-3-4-14(9-15)20-13)19(22)7-12-11-24-18-10-16(23-2)5-6-17(12)18;/h5-6,10-11,13-15,20H,3-4,7-9H2,1-2H3;1H. The highest BCUT2D eigenvalue weighted by molar-refractivity contribution is 5.88. The Morgan fingerprint density at radius 3 is 2.72 bits per heavy atom. The van der Waals surface area contributed by atoms with Crippen LogP contribution in [0.1, 0.15) is 31.2 Å². The number of carbonyl (C=O) groups is 1. The fourth-order valence-corrected chi connectivity index (χ4v) is 4.16. The number of hydrogen-bond donors (Lipinski definition) is 1. The Balaban J connectivity index is 0.00000182. The third kappa shape index (κ3) is 3.48. The average molecular weight is 365 g/mol. The topological polar surface area (TPSA) is 54.7 Å². The zero-order valence-electron chi connectivity index (χ0n) is 14.7. The van der Waals surface area contributed by atoms with Gasteiger partial charge in [0, 0.05) is 42.2 Å². The molecule has 2 saturated heterocycles. The first-order valence-corrected chi connectivity index (χ1v) is 8.70. The molecule has 2 bridgehead atoms. The van der Waals surface area contributed by atoms with Gasteiger partial charge in [0.05, 0.1) is 19.8 Å². The highest BCUT2D eigenvalue weighted by Gasteiger charge is 2.36. The van der Waals surface area contributed by atoms with Gasteiger partial charge in [-0.2, -0.15) is 0 Å². The quantitative estimate of drug-likeness (QED) is 0.905. The van der Waals surface area contributed by atoms with Crippen LogP contribution in [0, 0.1) is 0 Å². The van der Waals surface area contributed by atoms with Crippen molar-refractivity contribution >= 4 is 29.3 Å². The number of ether oxygens (including phenoxy) is 1. The molecule has 1 aromatic heterocycles. The molecule has 1 amide bonds. The first-order valence-electron chi connectivity index (χ1n) is 8.70. The van der Waals surface area contributed by atoms with Crippen LogP contribution in [0.4, 0.5) is 0 Å². The van der Waals surface area contributed by atoms with E-state index in [0.29, 0.717) is 24.5 Å². The molecule has 0 radical (unpaired) electrons. The van der Waals surface area contributed by atoms with Gasteiger partial charge >= 0.3 is 0 Å². The van der Waals surface area contributed by atoms with Crippen molar-refractivity contribution in [1.29, 1.82) is 0 Å². The number of amides is 1. The summed E-state index contributed by atoms with van der Waals surface area (Å²) in [5, 5.41) is 4.62. The lowest BCUT2D eigenvalue weighted by Gasteiger charge is -2.35. The molecule has 2 aliphatic rings. The van der Waals surface area contributed by atoms with E-state index in [4.69, 9.17) is 9.15 Å². The highest BCUT2D eigenvalue weighted by Crippen LogP contribution is 2.30. The number of benzene rings is 1. The monoisotopic (exact) mass is 364 g/mol. The van der Waals surface area contributed by atoms with Gasteiger partial charge in [0.2, 0.25) is 5.91 Å². The molecule has 136 valence electrons. The van der Waals surface area contributed by atoms with E-state index < -0.39 is 0 Å². The van der Waals surface area contributed by atoms with Crippen molar-refractivity contribution in [3.8, 4) is 5.75 Å². The maximum Gasteiger partial charge on any atom is 0.227 e. The first-order chi connectivity index (χ1) is 11.6. The molecule has 1 N–H and O–H groups in total. The first kappa shape index (κ1) is 18.1. The average Bonchev–Trinajstić information content (AvgIpc) is 3.16. The summed E-state index contributed by atoms with van der Waals surface area (Å²) in [5.74, 6) is 0.928. The second kappa shape index (κ2) is 7.26. The van der Waals surface area contributed by atoms with Crippen LogP contribution < -0.4 is 10.1 Å². The molecular weight excluding hydrogens is 340 g/mol. The number of halogens is 1. The minimum Gasteiger partial charge on any atom is -0.497 e. The lowest BCUT2D eigenvalue weighted by Crippen LogP contribution is -2.49. The largest absolute Gasteiger partial charge is 0.497 e. The van der Waals surface area contributed by atoms with E-state index in [1.165, 1.54) is 12.8 Å². The Labute approximate surface area is 154 Å². The Bertz CT molecular complexity index is 748. The van der Waals surface area contributed by atoms with Crippen molar-refractivity contribution in [1.82, 2.24) is 10.2 Å². The molecule has 2 aliphatic heterocycles. The van der Waals surface area contributed by atoms with Gasteiger partial charge in [-0.1, -0.05) is 0 Å². The van der Waals surface area contributed by atoms with E-state index in [2.05, 4.69) is 5.32 Å². The van der Waals surface area contributed by atoms with Gasteiger partial charge in [0.15, 0.2) is 0 Å². The Morgan fingerprint density at radius 2 is 2.04 bits per heavy atom. The van der Waals surface area contributed by atoms with Gasteiger partial charge in [-0.3, -0.25) is 4.79 Å². The molecule has 3 heterocycles. The fraction of sp³-hybridized carbons (Fsp3) is 0.526. The second-order valence-corrected chi connectivity index (χ2v) is 7.07. The molecule has 1 aromatic carbocycles. The molecule has 2 fully saturated rings. The van der Waals surface area contributed by atoms with E-state index in [1.807, 2.05) is 30.1 Å². The van der Waals surface area contributed by atoms with Gasteiger partial charge in [0.25, 0.3) is 0 Å². The van der Waals surface area contributed by atoms with Crippen LogP contribution in [0.15, 0.2) is 28.9 Å². The number of nitrogens with one attached hydrogen (secondary N) is 1. The summed E-state index contributed by atoms with van der Waals surface area (Å²) in [4.78, 5) is 14.7. The Hall–Kier alpha value is -1.72. The number of furan rings is 1. The molecule has 4 rings (SSSR count). The van der Waals surface area contributed by atoms with Crippen molar-refractivity contribution in [2.24, 2.45) is 0 Å². The second-order valence-electron chi connectivity index (χ2n) is 7.07. The lowest BCUT2D eigenvalue weighted by molar-refractivity contribution is -0.131. The summed E-state index contributed by atoms with van der Waals surface area (Å²) in [6, 6.07) is 7.26. The normalized spacial score (nSPS) is 24.8. The van der Waals surface area contributed by atoms with Gasteiger partial charge in [0.1, 0.15) is 11.3 Å². The van der Waals surface area contributed by atoms with Crippen LogP contribution in [-0.4, -0.2) is 43.1 Å². The van der Waals surface area contributed by atoms with Crippen molar-refractivity contribution in [3.05, 3.63) is 30.0 Å². The van der Waals surface area contributed by atoms with Gasteiger partial charge in [-0.25, -0.2) is 0 Å². The molecule has 0 aliphatic carbocycles. The molecule has 25 heavy (non-hydrogen) atoms. The van der Waals surface area contributed by atoms with Crippen molar-refractivity contribution < 1.29 is 13.9 Å². The number of hydrogen-bond acceptors (Lipinski definition) is 4. The summed E-state index contributed by atoms with van der Waals surface area (Å²) in [7, 11) is 3.58. The van der Waals surface area contributed by atoms with E-state index in [9.17, 15) is 4.79 Å². The summed E-state index contributed by atoms with van der Waals surface area (Å²) in [6.45, 7) is 0. The maximum absolute atomic E-state index is 12.7. The smallest absolute Gasteiger partial charge is 0.227 e. The molecule has 0 spiro atoms. The third-order valence-corrected chi connectivity index (χ3v) is 5.59. The fourth-order valence-electron chi connectivity index (χ4n) is 4.16. The van der Waals surface area contributed by atoms with Crippen LogP contribution in [-0.2, 0) is 11.2 Å². The van der Waals surface area contributed by atoms with Crippen molar-refractivity contribution in [2.45, 2.75) is 50.2 Å². The number of nitrogens with zero attached hydrogens (tertiary/aromatic N) is 1. The number of methoxy groups -OCH3 is 1. The molecule has 2 atom stereocenters. The summed E-state index contributed by atoms with van der Waals surface area (Å²) in [5.41, 5.74) is 1.71. The Kier molecular flexibility index (Phi) is 5.25. The van der Waals surface area contributed by atoms with E-state index in [-0.39, 0.29) is 18.3 Å². The van der Waals surface area contributed by atoms with Gasteiger partial charge < -0.3 is 19.4 Å².